The van der Waals surface area contributed by atoms with Gasteiger partial charge in [-0.2, -0.15) is 0 Å². The Morgan fingerprint density at radius 3 is 2.48 bits per heavy atom. The molecule has 1 fully saturated rings. The van der Waals surface area contributed by atoms with E-state index in [1.165, 1.54) is 11.1 Å². The summed E-state index contributed by atoms with van der Waals surface area (Å²) >= 11 is 0. The zero-order valence-electron chi connectivity index (χ0n) is 14.5. The van der Waals surface area contributed by atoms with Crippen LogP contribution in [0.5, 0.6) is 11.5 Å². The van der Waals surface area contributed by atoms with Gasteiger partial charge < -0.3 is 15.6 Å². The van der Waals surface area contributed by atoms with Gasteiger partial charge in [0.2, 0.25) is 0 Å². The van der Waals surface area contributed by atoms with E-state index in [0.717, 1.165) is 43.7 Å². The maximum Gasteiger partial charge on any atom is 0.127 e. The second kappa shape index (κ2) is 7.16. The summed E-state index contributed by atoms with van der Waals surface area (Å²) in [4.78, 5) is 2.53. The number of aliphatic hydroxyl groups is 1. The first-order valence-electron chi connectivity index (χ1n) is 9.24. The molecular weight excluding hydrogens is 312 g/mol. The molecule has 1 heterocycles. The van der Waals surface area contributed by atoms with Gasteiger partial charge in [-0.15, -0.1) is 0 Å². The summed E-state index contributed by atoms with van der Waals surface area (Å²) in [6, 6.07) is 17.0. The fourth-order valence-electron chi connectivity index (χ4n) is 4.24. The molecule has 2 aromatic carbocycles. The van der Waals surface area contributed by atoms with E-state index in [2.05, 4.69) is 17.0 Å². The molecule has 0 spiro atoms. The smallest absolute Gasteiger partial charge is 0.127 e. The summed E-state index contributed by atoms with van der Waals surface area (Å²) in [5, 5.41) is 9.78. The molecule has 1 aliphatic heterocycles. The average molecular weight is 338 g/mol. The Morgan fingerprint density at radius 1 is 1.00 bits per heavy atom. The number of aliphatic hydroxyl groups excluding tert-OH is 1. The van der Waals surface area contributed by atoms with Crippen molar-refractivity contribution in [2.45, 2.75) is 50.4 Å². The van der Waals surface area contributed by atoms with Crippen LogP contribution in [0.25, 0.3) is 0 Å². The van der Waals surface area contributed by atoms with Crippen molar-refractivity contribution in [3.63, 3.8) is 0 Å². The number of benzene rings is 2. The predicted octanol–water partition coefficient (Wildman–Crippen LogP) is 3.60. The molecule has 2 aliphatic rings. The molecule has 1 aliphatic carbocycles. The van der Waals surface area contributed by atoms with Gasteiger partial charge in [-0.25, -0.2) is 0 Å². The standard InChI is InChI=1S/C21H26N2O2/c22-13-21-20-12-19(25-18-4-2-1-3-5-18)11-6-15(20)14-23(21)16-7-9-17(24)10-8-16/h1-6,11-12,16-17,21,24H,7-10,13-14,22H2. The quantitative estimate of drug-likeness (QED) is 0.894. The number of nitrogens with zero attached hydrogens (tertiary/aromatic N) is 1. The van der Waals surface area contributed by atoms with E-state index in [4.69, 9.17) is 10.5 Å². The third-order valence-electron chi connectivity index (χ3n) is 5.57. The van der Waals surface area contributed by atoms with Gasteiger partial charge in [-0.05, 0) is 61.1 Å². The van der Waals surface area contributed by atoms with Crippen LogP contribution in [0, 0.1) is 0 Å². The highest BCUT2D eigenvalue weighted by atomic mass is 16.5. The van der Waals surface area contributed by atoms with E-state index >= 15 is 0 Å². The summed E-state index contributed by atoms with van der Waals surface area (Å²) in [7, 11) is 0. The van der Waals surface area contributed by atoms with Crippen molar-refractivity contribution >= 4 is 0 Å². The van der Waals surface area contributed by atoms with Crippen molar-refractivity contribution in [3.05, 3.63) is 59.7 Å². The topological polar surface area (TPSA) is 58.7 Å². The summed E-state index contributed by atoms with van der Waals surface area (Å²) in [5.41, 5.74) is 8.79. The van der Waals surface area contributed by atoms with Gasteiger partial charge in [-0.1, -0.05) is 24.3 Å². The van der Waals surface area contributed by atoms with Crippen LogP contribution in [-0.2, 0) is 6.54 Å². The molecule has 0 amide bonds. The Hall–Kier alpha value is -1.88. The molecule has 4 nitrogen and oxygen atoms in total. The molecule has 1 atom stereocenters. The number of hydrogen-bond donors (Lipinski definition) is 2. The highest BCUT2D eigenvalue weighted by Gasteiger charge is 2.35. The lowest BCUT2D eigenvalue weighted by molar-refractivity contribution is 0.0571. The number of fused-ring (bicyclic) bond motifs is 1. The van der Waals surface area contributed by atoms with E-state index in [0.29, 0.717) is 12.6 Å². The maximum atomic E-state index is 9.78. The predicted molar refractivity (Wildman–Crippen MR) is 98.6 cm³/mol. The first kappa shape index (κ1) is 16.6. The second-order valence-electron chi connectivity index (χ2n) is 7.16. The Labute approximate surface area is 149 Å². The summed E-state index contributed by atoms with van der Waals surface area (Å²) in [6.07, 6.45) is 3.79. The van der Waals surface area contributed by atoms with Crippen LogP contribution < -0.4 is 10.5 Å². The van der Waals surface area contributed by atoms with E-state index in [1.54, 1.807) is 0 Å². The Kier molecular flexibility index (Phi) is 4.75. The summed E-state index contributed by atoms with van der Waals surface area (Å²) in [6.45, 7) is 1.56. The second-order valence-corrected chi connectivity index (χ2v) is 7.16. The first-order chi connectivity index (χ1) is 12.2. The zero-order chi connectivity index (χ0) is 17.2. The number of ether oxygens (including phenoxy) is 1. The number of rotatable bonds is 4. The Morgan fingerprint density at radius 2 is 1.76 bits per heavy atom. The molecule has 0 saturated heterocycles. The lowest BCUT2D eigenvalue weighted by Crippen LogP contribution is -2.40. The molecule has 132 valence electrons. The summed E-state index contributed by atoms with van der Waals surface area (Å²) < 4.78 is 6.00. The van der Waals surface area contributed by atoms with Crippen LogP contribution in [0.1, 0.15) is 42.9 Å². The number of nitrogens with two attached hydrogens (primary N) is 1. The van der Waals surface area contributed by atoms with Gasteiger partial charge in [0.25, 0.3) is 0 Å². The highest BCUT2D eigenvalue weighted by Crippen LogP contribution is 2.40. The van der Waals surface area contributed by atoms with Crippen LogP contribution >= 0.6 is 0 Å². The minimum Gasteiger partial charge on any atom is -0.457 e. The highest BCUT2D eigenvalue weighted by molar-refractivity contribution is 5.42. The third-order valence-corrected chi connectivity index (χ3v) is 5.57. The molecule has 0 radical (unpaired) electrons. The van der Waals surface area contributed by atoms with E-state index < -0.39 is 0 Å². The van der Waals surface area contributed by atoms with Crippen LogP contribution in [-0.4, -0.2) is 28.7 Å². The van der Waals surface area contributed by atoms with Gasteiger partial charge in [-0.3, -0.25) is 4.90 Å². The minimum absolute atomic E-state index is 0.122. The fraction of sp³-hybridized carbons (Fsp3) is 0.429. The number of para-hydroxylation sites is 1. The summed E-state index contributed by atoms with van der Waals surface area (Å²) in [5.74, 6) is 1.71. The maximum absolute atomic E-state index is 9.78. The average Bonchev–Trinajstić information content (AvgIpc) is 3.01. The lowest BCUT2D eigenvalue weighted by Gasteiger charge is -2.36. The Balaban J connectivity index is 1.54. The molecule has 0 bridgehead atoms. The van der Waals surface area contributed by atoms with Gasteiger partial charge in [0.05, 0.1) is 6.10 Å². The van der Waals surface area contributed by atoms with Crippen molar-refractivity contribution < 1.29 is 9.84 Å². The molecular formula is C21H26N2O2. The zero-order valence-corrected chi connectivity index (χ0v) is 14.5. The van der Waals surface area contributed by atoms with Crippen molar-refractivity contribution in [1.82, 2.24) is 4.90 Å². The largest absolute Gasteiger partial charge is 0.457 e. The molecule has 1 unspecified atom stereocenters. The van der Waals surface area contributed by atoms with Crippen molar-refractivity contribution in [2.24, 2.45) is 5.73 Å². The van der Waals surface area contributed by atoms with Gasteiger partial charge >= 0.3 is 0 Å². The van der Waals surface area contributed by atoms with E-state index in [-0.39, 0.29) is 12.1 Å². The monoisotopic (exact) mass is 338 g/mol. The molecule has 4 rings (SSSR count). The van der Waals surface area contributed by atoms with E-state index in [1.807, 2.05) is 36.4 Å². The van der Waals surface area contributed by atoms with Gasteiger partial charge in [0, 0.05) is 25.2 Å². The lowest BCUT2D eigenvalue weighted by atomic mass is 9.91. The van der Waals surface area contributed by atoms with E-state index in [9.17, 15) is 5.11 Å². The normalized spacial score (nSPS) is 26.4. The molecule has 3 N–H and O–H groups in total. The van der Waals surface area contributed by atoms with Crippen LogP contribution in [0.2, 0.25) is 0 Å². The van der Waals surface area contributed by atoms with Crippen LogP contribution in [0.15, 0.2) is 48.5 Å². The molecule has 2 aromatic rings. The van der Waals surface area contributed by atoms with Crippen LogP contribution in [0.3, 0.4) is 0 Å². The van der Waals surface area contributed by atoms with Gasteiger partial charge in [0.15, 0.2) is 0 Å². The first-order valence-corrected chi connectivity index (χ1v) is 9.24. The SMILES string of the molecule is NCC1c2cc(Oc3ccccc3)ccc2CN1C1CCC(O)CC1. The Bertz CT molecular complexity index is 711. The molecule has 4 heteroatoms. The third kappa shape index (κ3) is 3.43. The number of hydrogen-bond acceptors (Lipinski definition) is 4. The molecule has 0 aromatic heterocycles. The van der Waals surface area contributed by atoms with Crippen LogP contribution in [0.4, 0.5) is 0 Å². The van der Waals surface area contributed by atoms with Crippen molar-refractivity contribution in [2.75, 3.05) is 6.54 Å². The fourth-order valence-corrected chi connectivity index (χ4v) is 4.24. The van der Waals surface area contributed by atoms with Gasteiger partial charge in [0.1, 0.15) is 11.5 Å². The van der Waals surface area contributed by atoms with Crippen molar-refractivity contribution in [3.8, 4) is 11.5 Å². The minimum atomic E-state index is -0.122. The van der Waals surface area contributed by atoms with Crippen molar-refractivity contribution in [1.29, 1.82) is 0 Å². The molecule has 25 heavy (non-hydrogen) atoms. The molecule has 1 saturated carbocycles.